The summed E-state index contributed by atoms with van der Waals surface area (Å²) in [5, 5.41) is 25.2. The van der Waals surface area contributed by atoms with Gasteiger partial charge in [0.15, 0.2) is 0 Å². The number of nitriles is 3. The summed E-state index contributed by atoms with van der Waals surface area (Å²) in [6, 6.07) is 5.93. The normalized spacial score (nSPS) is 9.27. The smallest absolute Gasteiger partial charge is 0.0628 e. The Morgan fingerprint density at radius 1 is 0.909 bits per heavy atom. The van der Waals surface area contributed by atoms with Crippen molar-refractivity contribution in [3.8, 4) is 18.2 Å². The Labute approximate surface area is 66.5 Å². The summed E-state index contributed by atoms with van der Waals surface area (Å²) in [5.74, 6) is 0. The van der Waals surface area contributed by atoms with Crippen LogP contribution in [0.3, 0.4) is 0 Å². The van der Waals surface area contributed by atoms with Crippen molar-refractivity contribution in [3.63, 3.8) is 0 Å². The van der Waals surface area contributed by atoms with E-state index in [1.54, 1.807) is 6.92 Å². The van der Waals surface area contributed by atoms with E-state index in [9.17, 15) is 0 Å². The van der Waals surface area contributed by atoms with Crippen molar-refractivity contribution < 1.29 is 0 Å². The van der Waals surface area contributed by atoms with Gasteiger partial charge in [-0.1, -0.05) is 6.92 Å². The van der Waals surface area contributed by atoms with Gasteiger partial charge in [-0.05, 0) is 0 Å². The fraction of sp³-hybridized carbons (Fsp3) is 0.625. The molecule has 0 fully saturated rings. The van der Waals surface area contributed by atoms with Crippen molar-refractivity contribution in [2.24, 2.45) is 5.41 Å². The molecule has 0 heterocycles. The predicted octanol–water partition coefficient (Wildman–Crippen LogP) is 1.73. The summed E-state index contributed by atoms with van der Waals surface area (Å²) in [6.45, 7) is 1.78. The highest BCUT2D eigenvalue weighted by molar-refractivity contribution is 4.96. The molecule has 0 bridgehead atoms. The Hall–Kier alpha value is -1.53. The second-order valence-corrected chi connectivity index (χ2v) is 2.82. The Bertz CT molecular complexity index is 195. The van der Waals surface area contributed by atoms with Crippen LogP contribution in [0.25, 0.3) is 0 Å². The van der Waals surface area contributed by atoms with Gasteiger partial charge >= 0.3 is 0 Å². The molecule has 0 aromatic heterocycles. The summed E-state index contributed by atoms with van der Waals surface area (Å²) in [7, 11) is 0. The van der Waals surface area contributed by atoms with Crippen molar-refractivity contribution in [3.05, 3.63) is 0 Å². The van der Waals surface area contributed by atoms with Crippen LogP contribution in [0.1, 0.15) is 26.2 Å². The highest BCUT2D eigenvalue weighted by atomic mass is 14.3. The van der Waals surface area contributed by atoms with Gasteiger partial charge in [0.05, 0.1) is 18.2 Å². The molecule has 0 aliphatic carbocycles. The fourth-order valence-corrected chi connectivity index (χ4v) is 0.760. The van der Waals surface area contributed by atoms with Crippen molar-refractivity contribution in [2.75, 3.05) is 0 Å². The molecule has 3 nitrogen and oxygen atoms in total. The molecule has 0 N–H and O–H groups in total. The van der Waals surface area contributed by atoms with Crippen LogP contribution in [0.5, 0.6) is 0 Å². The lowest BCUT2D eigenvalue weighted by Gasteiger charge is -2.18. The number of hydrogen-bond donors (Lipinski definition) is 0. The van der Waals surface area contributed by atoms with Crippen molar-refractivity contribution in [2.45, 2.75) is 26.2 Å². The molecular weight excluding hydrogens is 138 g/mol. The maximum atomic E-state index is 8.39. The topological polar surface area (TPSA) is 71.4 Å². The molecule has 0 radical (unpaired) electrons. The van der Waals surface area contributed by atoms with Crippen LogP contribution < -0.4 is 0 Å². The molecule has 0 amide bonds. The number of rotatable bonds is 3. The quantitative estimate of drug-likeness (QED) is 0.610. The van der Waals surface area contributed by atoms with E-state index in [0.717, 1.165) is 0 Å². The second-order valence-electron chi connectivity index (χ2n) is 2.82. The average Bonchev–Trinajstić information content (AvgIpc) is 1.88. The minimum Gasteiger partial charge on any atom is -0.198 e. The van der Waals surface area contributed by atoms with Gasteiger partial charge < -0.3 is 0 Å². The monoisotopic (exact) mass is 147 g/mol. The lowest BCUT2D eigenvalue weighted by molar-refractivity contribution is 0.350. The van der Waals surface area contributed by atoms with Crippen LogP contribution in [-0.2, 0) is 0 Å². The Kier molecular flexibility index (Phi) is 3.71. The van der Waals surface area contributed by atoms with E-state index >= 15 is 0 Å². The molecule has 0 unspecified atom stereocenters. The standard InChI is InChI=1S/C8H9N3/c1-8(2-5-9,3-6-10)4-7-11/h2-4H2,1H3. The second kappa shape index (κ2) is 4.31. The van der Waals surface area contributed by atoms with Crippen LogP contribution in [0.15, 0.2) is 0 Å². The van der Waals surface area contributed by atoms with Crippen LogP contribution in [0.4, 0.5) is 0 Å². The molecule has 0 aliphatic rings. The van der Waals surface area contributed by atoms with Crippen LogP contribution in [-0.4, -0.2) is 0 Å². The highest BCUT2D eigenvalue weighted by Gasteiger charge is 2.23. The third kappa shape index (κ3) is 3.23. The zero-order chi connectivity index (χ0) is 8.74. The summed E-state index contributed by atoms with van der Waals surface area (Å²) in [4.78, 5) is 0. The van der Waals surface area contributed by atoms with Gasteiger partial charge in [0.2, 0.25) is 0 Å². The largest absolute Gasteiger partial charge is 0.198 e. The SMILES string of the molecule is CC(CC#N)(CC#N)CC#N. The predicted molar refractivity (Wildman–Crippen MR) is 38.8 cm³/mol. The minimum atomic E-state index is -0.432. The van der Waals surface area contributed by atoms with Crippen LogP contribution >= 0.6 is 0 Å². The Morgan fingerprint density at radius 3 is 1.36 bits per heavy atom. The Balaban J connectivity index is 4.20. The fourth-order valence-electron chi connectivity index (χ4n) is 0.760. The summed E-state index contributed by atoms with van der Waals surface area (Å²) in [6.07, 6.45) is 0.816. The maximum absolute atomic E-state index is 8.39. The summed E-state index contributed by atoms with van der Waals surface area (Å²) in [5.41, 5.74) is -0.432. The van der Waals surface area contributed by atoms with E-state index in [0.29, 0.717) is 0 Å². The third-order valence-corrected chi connectivity index (χ3v) is 1.52. The van der Waals surface area contributed by atoms with Crippen molar-refractivity contribution >= 4 is 0 Å². The lowest BCUT2D eigenvalue weighted by Crippen LogP contribution is -2.13. The summed E-state index contributed by atoms with van der Waals surface area (Å²) < 4.78 is 0. The lowest BCUT2D eigenvalue weighted by atomic mass is 9.82. The Morgan fingerprint density at radius 2 is 1.18 bits per heavy atom. The zero-order valence-corrected chi connectivity index (χ0v) is 6.46. The van der Waals surface area contributed by atoms with Gasteiger partial charge in [-0.2, -0.15) is 15.8 Å². The van der Waals surface area contributed by atoms with Gasteiger partial charge in [0.1, 0.15) is 0 Å². The van der Waals surface area contributed by atoms with E-state index in [1.807, 2.05) is 18.2 Å². The van der Waals surface area contributed by atoms with Crippen molar-refractivity contribution in [1.29, 1.82) is 15.8 Å². The van der Waals surface area contributed by atoms with E-state index in [2.05, 4.69) is 0 Å². The van der Waals surface area contributed by atoms with E-state index in [4.69, 9.17) is 15.8 Å². The molecule has 0 saturated carbocycles. The first-order valence-corrected chi connectivity index (χ1v) is 3.29. The molecule has 56 valence electrons. The van der Waals surface area contributed by atoms with Crippen molar-refractivity contribution in [1.82, 2.24) is 0 Å². The van der Waals surface area contributed by atoms with E-state index < -0.39 is 5.41 Å². The third-order valence-electron chi connectivity index (χ3n) is 1.52. The summed E-state index contributed by atoms with van der Waals surface area (Å²) >= 11 is 0. The molecule has 0 aromatic carbocycles. The molecule has 11 heavy (non-hydrogen) atoms. The zero-order valence-electron chi connectivity index (χ0n) is 6.46. The molecular formula is C8H9N3. The van der Waals surface area contributed by atoms with E-state index in [-0.39, 0.29) is 19.3 Å². The minimum absolute atomic E-state index is 0.272. The number of nitrogens with zero attached hydrogens (tertiary/aromatic N) is 3. The molecule has 0 rings (SSSR count). The highest BCUT2D eigenvalue weighted by Crippen LogP contribution is 2.28. The molecule has 0 spiro atoms. The number of hydrogen-bond acceptors (Lipinski definition) is 3. The molecule has 3 heteroatoms. The molecule has 0 atom stereocenters. The average molecular weight is 147 g/mol. The first kappa shape index (κ1) is 9.47. The molecule has 0 aliphatic heterocycles. The van der Waals surface area contributed by atoms with E-state index in [1.165, 1.54) is 0 Å². The van der Waals surface area contributed by atoms with Crippen LogP contribution in [0.2, 0.25) is 0 Å². The maximum Gasteiger partial charge on any atom is 0.0628 e. The first-order valence-electron chi connectivity index (χ1n) is 3.29. The molecule has 0 aromatic rings. The van der Waals surface area contributed by atoms with Gasteiger partial charge in [-0.15, -0.1) is 0 Å². The first-order chi connectivity index (χ1) is 5.18. The molecule has 0 saturated heterocycles. The van der Waals surface area contributed by atoms with Crippen LogP contribution in [0, 0.1) is 39.4 Å². The van der Waals surface area contributed by atoms with Gasteiger partial charge in [0, 0.05) is 24.7 Å². The van der Waals surface area contributed by atoms with Gasteiger partial charge in [-0.3, -0.25) is 0 Å². The van der Waals surface area contributed by atoms with Gasteiger partial charge in [0.25, 0.3) is 0 Å². The van der Waals surface area contributed by atoms with Gasteiger partial charge in [-0.25, -0.2) is 0 Å².